The Balaban J connectivity index is 2.06. The summed E-state index contributed by atoms with van der Waals surface area (Å²) in [5.74, 6) is -1.22. The maximum Gasteiger partial charge on any atom is 0.417 e. The van der Waals surface area contributed by atoms with Crippen LogP contribution in [0.4, 0.5) is 18.9 Å². The highest BCUT2D eigenvalue weighted by molar-refractivity contribution is 7.92. The topological polar surface area (TPSA) is 86.8 Å². The summed E-state index contributed by atoms with van der Waals surface area (Å²) >= 11 is 5.78. The van der Waals surface area contributed by atoms with E-state index in [0.717, 1.165) is 25.0 Å². The first-order chi connectivity index (χ1) is 19.4. The van der Waals surface area contributed by atoms with Crippen LogP contribution in [-0.2, 0) is 32.3 Å². The molecule has 41 heavy (non-hydrogen) atoms. The number of hydrogen-bond acceptors (Lipinski definition) is 4. The number of sulfonamides is 1. The summed E-state index contributed by atoms with van der Waals surface area (Å²) in [4.78, 5) is 27.8. The maximum absolute atomic E-state index is 13.8. The average molecular weight is 610 g/mol. The molecule has 220 valence electrons. The van der Waals surface area contributed by atoms with E-state index >= 15 is 0 Å². The number of amides is 2. The lowest BCUT2D eigenvalue weighted by Gasteiger charge is -2.32. The molecule has 0 aliphatic carbocycles. The second kappa shape index (κ2) is 13.9. The van der Waals surface area contributed by atoms with E-state index in [4.69, 9.17) is 11.6 Å². The third-order valence-corrected chi connectivity index (χ3v) is 8.46. The predicted molar refractivity (Wildman–Crippen MR) is 152 cm³/mol. The summed E-state index contributed by atoms with van der Waals surface area (Å²) < 4.78 is 69.2. The molecule has 0 heterocycles. The van der Waals surface area contributed by atoms with Crippen LogP contribution < -0.4 is 9.62 Å². The first-order valence-corrected chi connectivity index (χ1v) is 14.7. The van der Waals surface area contributed by atoms with E-state index in [9.17, 15) is 31.2 Å². The first-order valence-electron chi connectivity index (χ1n) is 12.9. The van der Waals surface area contributed by atoms with Crippen molar-refractivity contribution in [3.8, 4) is 0 Å². The van der Waals surface area contributed by atoms with Gasteiger partial charge in [0.15, 0.2) is 0 Å². The fraction of sp³-hybridized carbons (Fsp3) is 0.310. The smallest absolute Gasteiger partial charge is 0.354 e. The number of nitrogens with one attached hydrogen (secondary N) is 1. The van der Waals surface area contributed by atoms with Gasteiger partial charge in [-0.15, -0.1) is 0 Å². The molecule has 0 radical (unpaired) electrons. The Bertz CT molecular complexity index is 1440. The Morgan fingerprint density at radius 2 is 1.59 bits per heavy atom. The van der Waals surface area contributed by atoms with Gasteiger partial charge in [-0.1, -0.05) is 73.5 Å². The molecule has 7 nitrogen and oxygen atoms in total. The molecule has 0 aliphatic rings. The Morgan fingerprint density at radius 1 is 0.976 bits per heavy atom. The number of alkyl halides is 3. The summed E-state index contributed by atoms with van der Waals surface area (Å²) in [5.41, 5.74) is -0.974. The van der Waals surface area contributed by atoms with E-state index < -0.39 is 56.9 Å². The molecule has 1 N–H and O–H groups in total. The monoisotopic (exact) mass is 609 g/mol. The van der Waals surface area contributed by atoms with Gasteiger partial charge in [0.05, 0.1) is 21.2 Å². The van der Waals surface area contributed by atoms with Gasteiger partial charge in [-0.2, -0.15) is 13.2 Å². The number of unbranched alkanes of at least 4 members (excludes halogenated alkanes) is 1. The van der Waals surface area contributed by atoms with Gasteiger partial charge in [0.2, 0.25) is 11.8 Å². The minimum absolute atomic E-state index is 0.0321. The Hall–Kier alpha value is -3.57. The second-order valence-corrected chi connectivity index (χ2v) is 11.6. The van der Waals surface area contributed by atoms with Crippen molar-refractivity contribution in [1.82, 2.24) is 10.2 Å². The molecule has 0 aliphatic heterocycles. The third kappa shape index (κ3) is 8.23. The van der Waals surface area contributed by atoms with Crippen LogP contribution in [0.2, 0.25) is 5.02 Å². The minimum atomic E-state index is -4.87. The van der Waals surface area contributed by atoms with Crippen molar-refractivity contribution in [2.24, 2.45) is 0 Å². The summed E-state index contributed by atoms with van der Waals surface area (Å²) in [6.45, 7) is 2.98. The molecule has 1 atom stereocenters. The highest BCUT2D eigenvalue weighted by atomic mass is 35.5. The minimum Gasteiger partial charge on any atom is -0.354 e. The molecule has 0 saturated heterocycles. The number of benzene rings is 3. The average Bonchev–Trinajstić information content (AvgIpc) is 2.95. The van der Waals surface area contributed by atoms with Crippen molar-refractivity contribution >= 4 is 39.1 Å². The molecular formula is C29H31ClF3N3O4S. The van der Waals surface area contributed by atoms with Crippen LogP contribution in [0.3, 0.4) is 0 Å². The van der Waals surface area contributed by atoms with E-state index in [1.165, 1.54) is 36.1 Å². The first kappa shape index (κ1) is 32.0. The van der Waals surface area contributed by atoms with Crippen LogP contribution in [0.25, 0.3) is 0 Å². The second-order valence-electron chi connectivity index (χ2n) is 9.31. The number of halogens is 4. The van der Waals surface area contributed by atoms with Gasteiger partial charge in [-0.05, 0) is 49.2 Å². The standard InChI is InChI=1S/C29H31ClF3N3O4S/c1-3-4-17-34-28(38)21(2)35(19-22-11-7-5-8-12-22)27(37)20-36(41(39,40)24-13-9-6-10-14-24)23-15-16-26(30)25(18-23)29(31,32)33/h5-16,18,21H,3-4,17,19-20H2,1-2H3,(H,34,38). The normalized spacial score (nSPS) is 12.4. The summed E-state index contributed by atoms with van der Waals surface area (Å²) in [5, 5.41) is 2.15. The van der Waals surface area contributed by atoms with E-state index in [1.54, 1.807) is 36.4 Å². The van der Waals surface area contributed by atoms with Gasteiger partial charge in [0.25, 0.3) is 10.0 Å². The number of anilines is 1. The number of carbonyl (C=O) groups is 2. The molecule has 0 saturated carbocycles. The number of hydrogen-bond donors (Lipinski definition) is 1. The lowest BCUT2D eigenvalue weighted by atomic mass is 10.1. The Kier molecular flexibility index (Phi) is 10.8. The predicted octanol–water partition coefficient (Wildman–Crippen LogP) is 5.89. The van der Waals surface area contributed by atoms with Crippen molar-refractivity contribution in [3.05, 3.63) is 95.0 Å². The van der Waals surface area contributed by atoms with Gasteiger partial charge in [-0.3, -0.25) is 13.9 Å². The fourth-order valence-corrected chi connectivity index (χ4v) is 5.68. The molecule has 2 amide bonds. The Morgan fingerprint density at radius 3 is 2.17 bits per heavy atom. The Labute approximate surface area is 243 Å². The number of rotatable bonds is 12. The van der Waals surface area contributed by atoms with Crippen LogP contribution in [-0.4, -0.2) is 44.3 Å². The zero-order valence-corrected chi connectivity index (χ0v) is 24.1. The van der Waals surface area contributed by atoms with Crippen LogP contribution in [0.15, 0.2) is 83.8 Å². The van der Waals surface area contributed by atoms with Gasteiger partial charge in [0, 0.05) is 13.1 Å². The molecular weight excluding hydrogens is 579 g/mol. The molecule has 0 bridgehead atoms. The SMILES string of the molecule is CCCCNC(=O)C(C)N(Cc1ccccc1)C(=O)CN(c1ccc(Cl)c(C(F)(F)F)c1)S(=O)(=O)c1ccccc1. The lowest BCUT2D eigenvalue weighted by molar-refractivity contribution is -0.139. The number of nitrogens with zero attached hydrogens (tertiary/aromatic N) is 2. The summed E-state index contributed by atoms with van der Waals surface area (Å²) in [7, 11) is -4.52. The van der Waals surface area contributed by atoms with Gasteiger partial charge < -0.3 is 10.2 Å². The van der Waals surface area contributed by atoms with Gasteiger partial charge in [-0.25, -0.2) is 8.42 Å². The van der Waals surface area contributed by atoms with E-state index in [2.05, 4.69) is 5.32 Å². The molecule has 12 heteroatoms. The van der Waals surface area contributed by atoms with E-state index in [1.807, 2.05) is 6.92 Å². The molecule has 0 aromatic heterocycles. The largest absolute Gasteiger partial charge is 0.417 e. The zero-order chi connectivity index (χ0) is 30.2. The molecule has 3 rings (SSSR count). The van der Waals surface area contributed by atoms with Crippen LogP contribution in [0.1, 0.15) is 37.8 Å². The van der Waals surface area contributed by atoms with Gasteiger partial charge in [0.1, 0.15) is 12.6 Å². The highest BCUT2D eigenvalue weighted by Gasteiger charge is 2.36. The van der Waals surface area contributed by atoms with Crippen molar-refractivity contribution < 1.29 is 31.2 Å². The number of carbonyl (C=O) groups excluding carboxylic acids is 2. The zero-order valence-electron chi connectivity index (χ0n) is 22.6. The van der Waals surface area contributed by atoms with Crippen molar-refractivity contribution in [2.45, 2.75) is 50.3 Å². The van der Waals surface area contributed by atoms with Crippen molar-refractivity contribution in [3.63, 3.8) is 0 Å². The van der Waals surface area contributed by atoms with Crippen molar-refractivity contribution in [1.29, 1.82) is 0 Å². The third-order valence-electron chi connectivity index (χ3n) is 6.35. The molecule has 1 unspecified atom stereocenters. The van der Waals surface area contributed by atoms with Crippen LogP contribution >= 0.6 is 11.6 Å². The van der Waals surface area contributed by atoms with Crippen LogP contribution in [0.5, 0.6) is 0 Å². The lowest BCUT2D eigenvalue weighted by Crippen LogP contribution is -2.51. The van der Waals surface area contributed by atoms with Crippen molar-refractivity contribution in [2.75, 3.05) is 17.4 Å². The van der Waals surface area contributed by atoms with Crippen LogP contribution in [0, 0.1) is 0 Å². The summed E-state index contributed by atoms with van der Waals surface area (Å²) in [6.07, 6.45) is -3.30. The summed E-state index contributed by atoms with van der Waals surface area (Å²) in [6, 6.07) is 17.5. The van der Waals surface area contributed by atoms with E-state index in [0.29, 0.717) is 22.5 Å². The quantitative estimate of drug-likeness (QED) is 0.260. The van der Waals surface area contributed by atoms with E-state index in [-0.39, 0.29) is 11.4 Å². The van der Waals surface area contributed by atoms with Gasteiger partial charge >= 0.3 is 6.18 Å². The maximum atomic E-state index is 13.8. The molecule has 0 spiro atoms. The molecule has 0 fully saturated rings. The molecule has 3 aromatic carbocycles. The molecule has 3 aromatic rings. The fourth-order valence-electron chi connectivity index (χ4n) is 4.03. The highest BCUT2D eigenvalue weighted by Crippen LogP contribution is 2.38.